The Bertz CT molecular complexity index is 945. The average molecular weight is 387 g/mol. The summed E-state index contributed by atoms with van der Waals surface area (Å²) in [4.78, 5) is 23.9. The highest BCUT2D eigenvalue weighted by Gasteiger charge is 2.26. The Hall–Kier alpha value is -2.51. The van der Waals surface area contributed by atoms with Gasteiger partial charge in [0.15, 0.2) is 5.78 Å². The van der Waals surface area contributed by atoms with E-state index in [0.29, 0.717) is 18.7 Å². The number of Topliss-reactive ketones (excluding diaryl/α,β-unsaturated/α-hetero) is 1. The van der Waals surface area contributed by atoms with Crippen molar-refractivity contribution in [3.05, 3.63) is 59.7 Å². The van der Waals surface area contributed by atoms with Crippen LogP contribution in [0.25, 0.3) is 0 Å². The van der Waals surface area contributed by atoms with Crippen LogP contribution in [0.15, 0.2) is 53.4 Å². The number of hydrogen-bond donors (Lipinski definition) is 0. The maximum Gasteiger partial charge on any atom is 0.343 e. The second kappa shape index (κ2) is 8.02. The van der Waals surface area contributed by atoms with Crippen molar-refractivity contribution in [2.45, 2.75) is 31.1 Å². The maximum absolute atomic E-state index is 12.6. The molecule has 0 bridgehead atoms. The summed E-state index contributed by atoms with van der Waals surface area (Å²) in [7, 11) is -3.53. The topological polar surface area (TPSA) is 80.8 Å². The van der Waals surface area contributed by atoms with Gasteiger partial charge < -0.3 is 4.74 Å². The largest absolute Gasteiger partial charge is 0.423 e. The highest BCUT2D eigenvalue weighted by molar-refractivity contribution is 7.89. The zero-order valence-electron chi connectivity index (χ0n) is 15.1. The minimum absolute atomic E-state index is 0.125. The molecule has 7 heteroatoms. The lowest BCUT2D eigenvalue weighted by Gasteiger charge is -2.25. The molecule has 142 valence electrons. The number of hydrogen-bond acceptors (Lipinski definition) is 5. The van der Waals surface area contributed by atoms with Crippen LogP contribution in [0.5, 0.6) is 5.75 Å². The standard InChI is InChI=1S/C20H21NO5S/c1-15(22)17-6-5-7-18(14-17)26-20(23)16-8-10-19(11-9-16)27(24,25)21-12-3-2-4-13-21/h5-11,14H,2-4,12-13H2,1H3. The predicted octanol–water partition coefficient (Wildman–Crippen LogP) is 3.28. The Kier molecular flexibility index (Phi) is 5.72. The van der Waals surface area contributed by atoms with Gasteiger partial charge in [0, 0.05) is 18.7 Å². The monoisotopic (exact) mass is 387 g/mol. The van der Waals surface area contributed by atoms with E-state index in [1.54, 1.807) is 18.2 Å². The molecule has 1 aliphatic heterocycles. The molecule has 0 spiro atoms. The lowest BCUT2D eigenvalue weighted by Crippen LogP contribution is -2.35. The van der Waals surface area contributed by atoms with Crippen LogP contribution in [-0.4, -0.2) is 37.6 Å². The van der Waals surface area contributed by atoms with Crippen molar-refractivity contribution in [3.63, 3.8) is 0 Å². The minimum Gasteiger partial charge on any atom is -0.423 e. The molecule has 0 aromatic heterocycles. The Morgan fingerprint density at radius 1 is 0.926 bits per heavy atom. The minimum atomic E-state index is -3.53. The lowest BCUT2D eigenvalue weighted by molar-refractivity contribution is 0.0733. The summed E-state index contributed by atoms with van der Waals surface area (Å²) in [5.74, 6) is -0.476. The van der Waals surface area contributed by atoms with E-state index in [9.17, 15) is 18.0 Å². The molecule has 0 saturated carbocycles. The van der Waals surface area contributed by atoms with Gasteiger partial charge in [0.05, 0.1) is 10.5 Å². The fourth-order valence-electron chi connectivity index (χ4n) is 2.96. The number of ketones is 1. The molecule has 0 N–H and O–H groups in total. The molecule has 6 nitrogen and oxygen atoms in total. The highest BCUT2D eigenvalue weighted by atomic mass is 32.2. The van der Waals surface area contributed by atoms with Crippen molar-refractivity contribution < 1.29 is 22.7 Å². The third-order valence-electron chi connectivity index (χ3n) is 4.49. The van der Waals surface area contributed by atoms with Crippen LogP contribution in [-0.2, 0) is 10.0 Å². The van der Waals surface area contributed by atoms with Crippen molar-refractivity contribution >= 4 is 21.8 Å². The van der Waals surface area contributed by atoms with Crippen molar-refractivity contribution in [1.82, 2.24) is 4.31 Å². The molecule has 3 rings (SSSR count). The Morgan fingerprint density at radius 2 is 1.59 bits per heavy atom. The zero-order valence-corrected chi connectivity index (χ0v) is 15.9. The Labute approximate surface area is 158 Å². The van der Waals surface area contributed by atoms with Gasteiger partial charge >= 0.3 is 5.97 Å². The molecule has 0 unspecified atom stereocenters. The number of esters is 1. The van der Waals surface area contributed by atoms with Crippen LogP contribution >= 0.6 is 0 Å². The van der Waals surface area contributed by atoms with Gasteiger partial charge in [-0.05, 0) is 56.2 Å². The molecule has 0 amide bonds. The van der Waals surface area contributed by atoms with Crippen molar-refractivity contribution in [1.29, 1.82) is 0 Å². The molecule has 2 aromatic rings. The number of rotatable bonds is 5. The number of carbonyl (C=O) groups is 2. The Balaban J connectivity index is 1.74. The maximum atomic E-state index is 12.6. The third kappa shape index (κ3) is 4.43. The van der Waals surface area contributed by atoms with Crippen LogP contribution in [0.2, 0.25) is 0 Å². The summed E-state index contributed by atoms with van der Waals surface area (Å²) in [6, 6.07) is 12.1. The van der Waals surface area contributed by atoms with Gasteiger partial charge in [0.1, 0.15) is 5.75 Å². The first kappa shape index (κ1) is 19.3. The van der Waals surface area contributed by atoms with Crippen molar-refractivity contribution in [3.8, 4) is 5.75 Å². The summed E-state index contributed by atoms with van der Waals surface area (Å²) >= 11 is 0. The third-order valence-corrected chi connectivity index (χ3v) is 6.41. The Morgan fingerprint density at radius 3 is 2.22 bits per heavy atom. The first-order valence-corrected chi connectivity index (χ1v) is 10.3. The summed E-state index contributed by atoms with van der Waals surface area (Å²) in [6.45, 7) is 2.49. The fourth-order valence-corrected chi connectivity index (χ4v) is 4.48. The second-order valence-electron chi connectivity index (χ2n) is 6.46. The number of sulfonamides is 1. The normalized spacial score (nSPS) is 15.3. The SMILES string of the molecule is CC(=O)c1cccc(OC(=O)c2ccc(S(=O)(=O)N3CCCCC3)cc2)c1. The first-order chi connectivity index (χ1) is 12.9. The van der Waals surface area contributed by atoms with Crippen LogP contribution in [0.3, 0.4) is 0 Å². The number of benzene rings is 2. The number of ether oxygens (including phenoxy) is 1. The molecule has 1 aliphatic rings. The smallest absolute Gasteiger partial charge is 0.343 e. The van der Waals surface area contributed by atoms with E-state index in [1.807, 2.05) is 0 Å². The van der Waals surface area contributed by atoms with Crippen LogP contribution in [0.1, 0.15) is 46.9 Å². The molecule has 27 heavy (non-hydrogen) atoms. The summed E-state index contributed by atoms with van der Waals surface area (Å²) in [5.41, 5.74) is 0.684. The van der Waals surface area contributed by atoms with Crippen molar-refractivity contribution in [2.75, 3.05) is 13.1 Å². The van der Waals surface area contributed by atoms with E-state index in [2.05, 4.69) is 0 Å². The van der Waals surface area contributed by atoms with Gasteiger partial charge in [-0.2, -0.15) is 4.31 Å². The van der Waals surface area contributed by atoms with E-state index in [1.165, 1.54) is 41.6 Å². The predicted molar refractivity (Wildman–Crippen MR) is 100 cm³/mol. The number of carbonyl (C=O) groups excluding carboxylic acids is 2. The molecule has 1 fully saturated rings. The van der Waals surface area contributed by atoms with Gasteiger partial charge in [0.25, 0.3) is 0 Å². The number of piperidine rings is 1. The molecule has 2 aromatic carbocycles. The molecular formula is C20H21NO5S. The average Bonchev–Trinajstić information content (AvgIpc) is 2.69. The fraction of sp³-hybridized carbons (Fsp3) is 0.300. The van der Waals surface area contributed by atoms with Crippen LogP contribution in [0, 0.1) is 0 Å². The number of nitrogens with zero attached hydrogens (tertiary/aromatic N) is 1. The van der Waals surface area contributed by atoms with Gasteiger partial charge in [-0.3, -0.25) is 4.79 Å². The van der Waals surface area contributed by atoms with E-state index in [4.69, 9.17) is 4.74 Å². The quantitative estimate of drug-likeness (QED) is 0.447. The van der Waals surface area contributed by atoms with E-state index < -0.39 is 16.0 Å². The first-order valence-electron chi connectivity index (χ1n) is 8.81. The van der Waals surface area contributed by atoms with Crippen LogP contribution in [0.4, 0.5) is 0 Å². The summed E-state index contributed by atoms with van der Waals surface area (Å²) in [6.07, 6.45) is 2.77. The van der Waals surface area contributed by atoms with Gasteiger partial charge in [-0.15, -0.1) is 0 Å². The van der Waals surface area contributed by atoms with Gasteiger partial charge in [-0.1, -0.05) is 18.6 Å². The molecule has 1 saturated heterocycles. The van der Waals surface area contributed by atoms with Gasteiger partial charge in [0.2, 0.25) is 10.0 Å². The summed E-state index contributed by atoms with van der Waals surface area (Å²) < 4.78 is 32.0. The summed E-state index contributed by atoms with van der Waals surface area (Å²) in [5, 5.41) is 0. The molecule has 0 atom stereocenters. The molecular weight excluding hydrogens is 366 g/mol. The zero-order chi connectivity index (χ0) is 19.4. The van der Waals surface area contributed by atoms with E-state index >= 15 is 0 Å². The lowest BCUT2D eigenvalue weighted by atomic mass is 10.1. The highest BCUT2D eigenvalue weighted by Crippen LogP contribution is 2.21. The molecule has 0 aliphatic carbocycles. The van der Waals surface area contributed by atoms with Crippen LogP contribution < -0.4 is 4.74 Å². The molecule has 0 radical (unpaired) electrons. The van der Waals surface area contributed by atoms with Gasteiger partial charge in [-0.25, -0.2) is 13.2 Å². The van der Waals surface area contributed by atoms with Crippen molar-refractivity contribution in [2.24, 2.45) is 0 Å². The van der Waals surface area contributed by atoms with E-state index in [-0.39, 0.29) is 22.0 Å². The second-order valence-corrected chi connectivity index (χ2v) is 8.40. The molecule has 1 heterocycles. The van der Waals surface area contributed by atoms with E-state index in [0.717, 1.165) is 19.3 Å².